The van der Waals surface area contributed by atoms with Crippen molar-refractivity contribution in [3.8, 4) is 16.9 Å². The molecule has 0 saturated carbocycles. The summed E-state index contributed by atoms with van der Waals surface area (Å²) in [6, 6.07) is 13.7. The van der Waals surface area contributed by atoms with Gasteiger partial charge in [-0.25, -0.2) is 4.98 Å². The van der Waals surface area contributed by atoms with Crippen LogP contribution in [0, 0.1) is 0 Å². The molecule has 4 aromatic rings. The SMILES string of the molecule is NCCCn1cc(-c2ccc(OC(F)(F)F)cc2)c2cc(CN3CCN(Cc4c(Cl)cccc4Cl)CC3)cnc21. The molecule has 1 aliphatic heterocycles. The van der Waals surface area contributed by atoms with Gasteiger partial charge < -0.3 is 15.0 Å². The van der Waals surface area contributed by atoms with Gasteiger partial charge in [-0.1, -0.05) is 41.4 Å². The zero-order chi connectivity index (χ0) is 28.3. The minimum absolute atomic E-state index is 0.252. The lowest BCUT2D eigenvalue weighted by atomic mass is 10.0. The molecular weight excluding hydrogens is 562 g/mol. The van der Waals surface area contributed by atoms with Gasteiger partial charge in [-0.2, -0.15) is 0 Å². The van der Waals surface area contributed by atoms with E-state index < -0.39 is 6.36 Å². The van der Waals surface area contributed by atoms with E-state index in [0.29, 0.717) is 29.7 Å². The number of aryl methyl sites for hydroxylation is 1. The molecule has 2 N–H and O–H groups in total. The van der Waals surface area contributed by atoms with Crippen LogP contribution in [0.15, 0.2) is 60.9 Å². The van der Waals surface area contributed by atoms with Gasteiger partial charge in [0.05, 0.1) is 0 Å². The Bertz CT molecular complexity index is 1430. The van der Waals surface area contributed by atoms with E-state index in [1.54, 1.807) is 12.1 Å². The highest BCUT2D eigenvalue weighted by Crippen LogP contribution is 2.33. The summed E-state index contributed by atoms with van der Waals surface area (Å²) in [5.41, 5.74) is 10.3. The number of benzene rings is 2. The Morgan fingerprint density at radius 2 is 1.57 bits per heavy atom. The van der Waals surface area contributed by atoms with Crippen molar-refractivity contribution >= 4 is 34.2 Å². The van der Waals surface area contributed by atoms with Crippen LogP contribution in [0.25, 0.3) is 22.2 Å². The molecule has 1 fully saturated rings. The minimum atomic E-state index is -4.73. The number of hydrogen-bond acceptors (Lipinski definition) is 5. The highest BCUT2D eigenvalue weighted by Gasteiger charge is 2.31. The average Bonchev–Trinajstić information content (AvgIpc) is 3.28. The van der Waals surface area contributed by atoms with Gasteiger partial charge in [0.2, 0.25) is 0 Å². The maximum atomic E-state index is 12.6. The zero-order valence-corrected chi connectivity index (χ0v) is 23.3. The molecule has 0 spiro atoms. The van der Waals surface area contributed by atoms with Crippen molar-refractivity contribution < 1.29 is 17.9 Å². The summed E-state index contributed by atoms with van der Waals surface area (Å²) in [4.78, 5) is 9.53. The van der Waals surface area contributed by atoms with Crippen LogP contribution in [-0.2, 0) is 19.6 Å². The number of pyridine rings is 1. The topological polar surface area (TPSA) is 59.6 Å². The van der Waals surface area contributed by atoms with E-state index in [0.717, 1.165) is 72.4 Å². The lowest BCUT2D eigenvalue weighted by Gasteiger charge is -2.35. The molecule has 0 unspecified atom stereocenters. The van der Waals surface area contributed by atoms with Crippen LogP contribution in [0.2, 0.25) is 10.0 Å². The lowest BCUT2D eigenvalue weighted by Crippen LogP contribution is -2.45. The van der Waals surface area contributed by atoms with E-state index in [-0.39, 0.29) is 5.75 Å². The summed E-state index contributed by atoms with van der Waals surface area (Å²) in [5, 5.41) is 2.32. The van der Waals surface area contributed by atoms with Crippen molar-refractivity contribution in [3.63, 3.8) is 0 Å². The second-order valence-corrected chi connectivity index (χ2v) is 10.7. The Hall–Kier alpha value is -2.82. The van der Waals surface area contributed by atoms with Crippen molar-refractivity contribution in [1.82, 2.24) is 19.4 Å². The first-order valence-corrected chi connectivity index (χ1v) is 13.9. The fraction of sp³-hybridized carbons (Fsp3) is 0.345. The van der Waals surface area contributed by atoms with Crippen LogP contribution < -0.4 is 10.5 Å². The van der Waals surface area contributed by atoms with Gasteiger partial charge in [-0.15, -0.1) is 13.2 Å². The molecule has 0 aliphatic carbocycles. The molecule has 2 aromatic heterocycles. The Labute approximate surface area is 241 Å². The van der Waals surface area contributed by atoms with Gasteiger partial charge in [0, 0.05) is 84.8 Å². The predicted octanol–water partition coefficient (Wildman–Crippen LogP) is 6.58. The molecule has 11 heteroatoms. The van der Waals surface area contributed by atoms with Crippen molar-refractivity contribution in [2.75, 3.05) is 32.7 Å². The third-order valence-electron chi connectivity index (χ3n) is 7.09. The smallest absolute Gasteiger partial charge is 0.406 e. The van der Waals surface area contributed by atoms with Gasteiger partial charge in [-0.05, 0) is 54.4 Å². The number of alkyl halides is 3. The normalized spacial score (nSPS) is 15.2. The van der Waals surface area contributed by atoms with Crippen LogP contribution in [0.3, 0.4) is 0 Å². The largest absolute Gasteiger partial charge is 0.573 e. The molecular formula is C29H30Cl2F3N5O. The quantitative estimate of drug-likeness (QED) is 0.238. The molecule has 1 aliphatic rings. The maximum absolute atomic E-state index is 12.6. The molecule has 5 rings (SSSR count). The Morgan fingerprint density at radius 1 is 0.925 bits per heavy atom. The monoisotopic (exact) mass is 591 g/mol. The van der Waals surface area contributed by atoms with Crippen LogP contribution in [0.4, 0.5) is 13.2 Å². The number of rotatable bonds is 9. The molecule has 0 atom stereocenters. The van der Waals surface area contributed by atoms with Crippen molar-refractivity contribution in [1.29, 1.82) is 0 Å². The summed E-state index contributed by atoms with van der Waals surface area (Å²) in [5.74, 6) is -0.252. The second-order valence-electron chi connectivity index (χ2n) is 9.92. The van der Waals surface area contributed by atoms with Gasteiger partial charge >= 0.3 is 6.36 Å². The molecule has 2 aromatic carbocycles. The summed E-state index contributed by atoms with van der Waals surface area (Å²) in [7, 11) is 0. The number of nitrogens with zero attached hydrogens (tertiary/aromatic N) is 4. The maximum Gasteiger partial charge on any atom is 0.573 e. The number of piperazine rings is 1. The molecule has 0 radical (unpaired) electrons. The number of nitrogens with two attached hydrogens (primary N) is 1. The Balaban J connectivity index is 1.32. The third-order valence-corrected chi connectivity index (χ3v) is 7.80. The van der Waals surface area contributed by atoms with Gasteiger partial charge in [-0.3, -0.25) is 9.80 Å². The lowest BCUT2D eigenvalue weighted by molar-refractivity contribution is -0.274. The molecule has 0 amide bonds. The van der Waals surface area contributed by atoms with Crippen LogP contribution in [0.5, 0.6) is 5.75 Å². The molecule has 0 bridgehead atoms. The second kappa shape index (κ2) is 12.4. The van der Waals surface area contributed by atoms with E-state index in [1.807, 2.05) is 30.6 Å². The summed E-state index contributed by atoms with van der Waals surface area (Å²) >= 11 is 12.7. The van der Waals surface area contributed by atoms with Crippen molar-refractivity contribution in [2.45, 2.75) is 32.4 Å². The Morgan fingerprint density at radius 3 is 2.20 bits per heavy atom. The highest BCUT2D eigenvalue weighted by atomic mass is 35.5. The molecule has 212 valence electrons. The first kappa shape index (κ1) is 28.7. The Kier molecular flexibility index (Phi) is 8.87. The minimum Gasteiger partial charge on any atom is -0.406 e. The van der Waals surface area contributed by atoms with Crippen LogP contribution >= 0.6 is 23.2 Å². The van der Waals surface area contributed by atoms with Gasteiger partial charge in [0.25, 0.3) is 0 Å². The predicted molar refractivity (Wildman–Crippen MR) is 153 cm³/mol. The van der Waals surface area contributed by atoms with Gasteiger partial charge in [0.15, 0.2) is 0 Å². The number of aromatic nitrogens is 2. The fourth-order valence-corrected chi connectivity index (χ4v) is 5.59. The standard InChI is InChI=1S/C29H30Cl2F3N5O/c30-26-3-1-4-27(31)25(26)18-38-13-11-37(12-14-38)17-20-15-23-24(19-39(10-2-9-35)28(23)36-16-20)21-5-7-22(8-6-21)40-29(32,33)34/h1,3-8,15-16,19H,2,9-14,17-18,35H2. The number of hydrogen-bond donors (Lipinski definition) is 1. The van der Waals surface area contributed by atoms with E-state index in [2.05, 4.69) is 25.2 Å². The summed E-state index contributed by atoms with van der Waals surface area (Å²) in [6.45, 7) is 6.28. The van der Waals surface area contributed by atoms with E-state index in [4.69, 9.17) is 33.9 Å². The average molecular weight is 592 g/mol. The third kappa shape index (κ3) is 6.90. The van der Waals surface area contributed by atoms with Gasteiger partial charge in [0.1, 0.15) is 11.4 Å². The first-order valence-electron chi connectivity index (χ1n) is 13.1. The first-order chi connectivity index (χ1) is 19.2. The van der Waals surface area contributed by atoms with Crippen LogP contribution in [-0.4, -0.2) is 58.4 Å². The molecule has 1 saturated heterocycles. The van der Waals surface area contributed by atoms with Crippen molar-refractivity contribution in [2.24, 2.45) is 5.73 Å². The van der Waals surface area contributed by atoms with E-state index in [9.17, 15) is 13.2 Å². The summed E-state index contributed by atoms with van der Waals surface area (Å²) < 4.78 is 44.0. The van der Waals surface area contributed by atoms with Crippen molar-refractivity contribution in [3.05, 3.63) is 82.1 Å². The summed E-state index contributed by atoms with van der Waals surface area (Å²) in [6.07, 6.45) is -0.0447. The zero-order valence-electron chi connectivity index (χ0n) is 21.8. The fourth-order valence-electron chi connectivity index (χ4n) is 5.07. The number of ether oxygens (including phenoxy) is 1. The number of fused-ring (bicyclic) bond motifs is 1. The number of halogens is 5. The molecule has 40 heavy (non-hydrogen) atoms. The highest BCUT2D eigenvalue weighted by molar-refractivity contribution is 6.35. The van der Waals surface area contributed by atoms with E-state index in [1.165, 1.54) is 12.1 Å². The molecule has 6 nitrogen and oxygen atoms in total. The van der Waals surface area contributed by atoms with E-state index >= 15 is 0 Å². The van der Waals surface area contributed by atoms with Crippen LogP contribution in [0.1, 0.15) is 17.5 Å². The molecule has 3 heterocycles.